The first-order chi connectivity index (χ1) is 4.33. The Morgan fingerprint density at radius 2 is 2.20 bits per heavy atom. The van der Waals surface area contributed by atoms with Crippen LogP contribution in [0.4, 0.5) is 0 Å². The highest BCUT2D eigenvalue weighted by atomic mass is 35.5. The van der Waals surface area contributed by atoms with Crippen molar-refractivity contribution in [1.29, 1.82) is 0 Å². The highest BCUT2D eigenvalue weighted by molar-refractivity contribution is 5.85. The maximum absolute atomic E-state index is 4.92. The molecule has 0 saturated heterocycles. The lowest BCUT2D eigenvalue weighted by atomic mass is 10.8. The molecule has 1 aliphatic heterocycles. The fourth-order valence-corrected chi connectivity index (χ4v) is 0.839. The minimum absolute atomic E-state index is 0. The number of ether oxygens (including phenoxy) is 1. The lowest BCUT2D eigenvalue weighted by Crippen LogP contribution is -2.23. The van der Waals surface area contributed by atoms with Crippen LogP contribution in [0.2, 0.25) is 0 Å². The fraction of sp³-hybridized carbons (Fsp3) is 0.667. The number of methoxy groups -OCH3 is 1. The highest BCUT2D eigenvalue weighted by Gasteiger charge is 2.05. The lowest BCUT2D eigenvalue weighted by Gasteiger charge is -2.16. The first-order valence-electron chi connectivity index (χ1n) is 2.94. The van der Waals surface area contributed by atoms with Gasteiger partial charge < -0.3 is 14.5 Å². The number of rotatable bonds is 2. The Morgan fingerprint density at radius 1 is 1.50 bits per heavy atom. The zero-order chi connectivity index (χ0) is 6.69. The fourth-order valence-electron chi connectivity index (χ4n) is 0.839. The van der Waals surface area contributed by atoms with E-state index in [1.165, 1.54) is 0 Å². The zero-order valence-corrected chi connectivity index (χ0v) is 7.10. The minimum Gasteiger partial charge on any atom is -0.364 e. The molecule has 1 rings (SSSR count). The molecule has 0 aromatic rings. The molecule has 0 radical (unpaired) electrons. The van der Waals surface area contributed by atoms with Crippen molar-refractivity contribution in [2.45, 2.75) is 0 Å². The summed E-state index contributed by atoms with van der Waals surface area (Å²) in [6.45, 7) is 1.62. The van der Waals surface area contributed by atoms with Gasteiger partial charge in [0.1, 0.15) is 6.73 Å². The third-order valence-electron chi connectivity index (χ3n) is 1.23. The van der Waals surface area contributed by atoms with Gasteiger partial charge in [-0.15, -0.1) is 12.4 Å². The summed E-state index contributed by atoms with van der Waals surface area (Å²) >= 11 is 0. The van der Waals surface area contributed by atoms with E-state index in [1.54, 1.807) is 7.11 Å². The van der Waals surface area contributed by atoms with Gasteiger partial charge in [-0.25, -0.2) is 0 Å². The van der Waals surface area contributed by atoms with Crippen molar-refractivity contribution in [2.24, 2.45) is 0 Å². The van der Waals surface area contributed by atoms with Gasteiger partial charge in [0.25, 0.3) is 0 Å². The molecule has 0 aliphatic carbocycles. The summed E-state index contributed by atoms with van der Waals surface area (Å²) in [5.74, 6) is 0. The van der Waals surface area contributed by atoms with Crippen molar-refractivity contribution < 1.29 is 4.74 Å². The topological polar surface area (TPSA) is 15.7 Å². The van der Waals surface area contributed by atoms with Gasteiger partial charge in [0.15, 0.2) is 0 Å². The Kier molecular flexibility index (Phi) is 4.23. The predicted molar refractivity (Wildman–Crippen MR) is 42.7 cm³/mol. The summed E-state index contributed by atoms with van der Waals surface area (Å²) in [4.78, 5) is 4.18. The van der Waals surface area contributed by atoms with Crippen LogP contribution in [0.15, 0.2) is 12.4 Å². The molecule has 4 heteroatoms. The molecule has 0 aromatic carbocycles. The standard InChI is InChI=1S/C6H12N2O.ClH/c1-7-3-4-8(5-7)6-9-2;/h3-4H,5-6H2,1-2H3;1H. The van der Waals surface area contributed by atoms with Crippen molar-refractivity contribution in [1.82, 2.24) is 9.80 Å². The van der Waals surface area contributed by atoms with E-state index >= 15 is 0 Å². The van der Waals surface area contributed by atoms with Crippen molar-refractivity contribution in [3.05, 3.63) is 12.4 Å². The Bertz CT molecular complexity index is 118. The largest absolute Gasteiger partial charge is 0.364 e. The molecule has 10 heavy (non-hydrogen) atoms. The lowest BCUT2D eigenvalue weighted by molar-refractivity contribution is 0.0856. The Morgan fingerprint density at radius 3 is 2.60 bits per heavy atom. The highest BCUT2D eigenvalue weighted by Crippen LogP contribution is 2.01. The van der Waals surface area contributed by atoms with Crippen LogP contribution in [0.25, 0.3) is 0 Å². The molecular weight excluding hydrogens is 152 g/mol. The average molecular weight is 165 g/mol. The van der Waals surface area contributed by atoms with Gasteiger partial charge in [-0.1, -0.05) is 0 Å². The second-order valence-electron chi connectivity index (χ2n) is 2.20. The van der Waals surface area contributed by atoms with Crippen molar-refractivity contribution in [3.8, 4) is 0 Å². The second-order valence-corrected chi connectivity index (χ2v) is 2.20. The average Bonchev–Trinajstić information content (AvgIpc) is 2.17. The van der Waals surface area contributed by atoms with Crippen molar-refractivity contribution in [2.75, 3.05) is 27.6 Å². The van der Waals surface area contributed by atoms with E-state index in [4.69, 9.17) is 4.74 Å². The molecule has 0 unspecified atom stereocenters. The van der Waals surface area contributed by atoms with E-state index in [0.29, 0.717) is 6.73 Å². The van der Waals surface area contributed by atoms with Crippen LogP contribution in [0.1, 0.15) is 0 Å². The van der Waals surface area contributed by atoms with E-state index in [-0.39, 0.29) is 12.4 Å². The quantitative estimate of drug-likeness (QED) is 0.598. The molecule has 3 nitrogen and oxygen atoms in total. The molecule has 0 amide bonds. The predicted octanol–water partition coefficient (Wildman–Crippen LogP) is 0.688. The van der Waals surface area contributed by atoms with Crippen molar-refractivity contribution >= 4 is 12.4 Å². The molecule has 0 N–H and O–H groups in total. The summed E-state index contributed by atoms with van der Waals surface area (Å²) in [7, 11) is 3.73. The van der Waals surface area contributed by atoms with Crippen LogP contribution in [0, 0.1) is 0 Å². The van der Waals surface area contributed by atoms with E-state index in [0.717, 1.165) is 6.67 Å². The van der Waals surface area contributed by atoms with Crippen LogP contribution in [-0.4, -0.2) is 37.4 Å². The maximum Gasteiger partial charge on any atom is 0.119 e. The monoisotopic (exact) mass is 164 g/mol. The van der Waals surface area contributed by atoms with Gasteiger partial charge in [-0.2, -0.15) is 0 Å². The molecule has 0 bridgehead atoms. The summed E-state index contributed by atoms with van der Waals surface area (Å²) in [5, 5.41) is 0. The van der Waals surface area contributed by atoms with Crippen LogP contribution in [0.5, 0.6) is 0 Å². The van der Waals surface area contributed by atoms with Crippen LogP contribution < -0.4 is 0 Å². The molecule has 0 atom stereocenters. The van der Waals surface area contributed by atoms with Crippen LogP contribution in [0.3, 0.4) is 0 Å². The number of hydrogen-bond acceptors (Lipinski definition) is 3. The van der Waals surface area contributed by atoms with E-state index in [1.807, 2.05) is 19.4 Å². The molecule has 60 valence electrons. The summed E-state index contributed by atoms with van der Waals surface area (Å²) in [6, 6.07) is 0. The number of halogens is 1. The third kappa shape index (κ3) is 2.45. The number of hydrogen-bond donors (Lipinski definition) is 0. The summed E-state index contributed by atoms with van der Waals surface area (Å²) in [6.07, 6.45) is 4.04. The van der Waals surface area contributed by atoms with Gasteiger partial charge in [-0.05, 0) is 0 Å². The molecule has 0 spiro atoms. The maximum atomic E-state index is 4.92. The van der Waals surface area contributed by atoms with Gasteiger partial charge >= 0.3 is 0 Å². The number of nitrogens with zero attached hydrogens (tertiary/aromatic N) is 2. The SMILES string of the molecule is COCN1C=CN(C)C1.Cl. The van der Waals surface area contributed by atoms with Gasteiger partial charge in [-0.3, -0.25) is 0 Å². The first-order valence-corrected chi connectivity index (χ1v) is 2.94. The molecule has 1 heterocycles. The second kappa shape index (κ2) is 4.41. The minimum atomic E-state index is 0. The van der Waals surface area contributed by atoms with Gasteiger partial charge in [0.05, 0.1) is 6.67 Å². The van der Waals surface area contributed by atoms with E-state index in [9.17, 15) is 0 Å². The molecule has 0 fully saturated rings. The van der Waals surface area contributed by atoms with Gasteiger partial charge in [0, 0.05) is 26.6 Å². The van der Waals surface area contributed by atoms with Crippen LogP contribution in [-0.2, 0) is 4.74 Å². The molecule has 0 saturated carbocycles. The normalized spacial score (nSPS) is 15.8. The summed E-state index contributed by atoms with van der Waals surface area (Å²) in [5.41, 5.74) is 0. The molecule has 1 aliphatic rings. The Labute approximate surface area is 67.7 Å². The Hall–Kier alpha value is -0.410. The zero-order valence-electron chi connectivity index (χ0n) is 6.28. The third-order valence-corrected chi connectivity index (χ3v) is 1.23. The first kappa shape index (κ1) is 9.59. The van der Waals surface area contributed by atoms with Gasteiger partial charge in [0.2, 0.25) is 0 Å². The smallest absolute Gasteiger partial charge is 0.119 e. The van der Waals surface area contributed by atoms with Crippen LogP contribution >= 0.6 is 12.4 Å². The van der Waals surface area contributed by atoms with Crippen molar-refractivity contribution in [3.63, 3.8) is 0 Å². The molecule has 0 aromatic heterocycles. The molecular formula is C6H13ClN2O. The van der Waals surface area contributed by atoms with E-state index < -0.39 is 0 Å². The van der Waals surface area contributed by atoms with E-state index in [2.05, 4.69) is 9.80 Å². The summed E-state index contributed by atoms with van der Waals surface area (Å²) < 4.78 is 4.92. The Balaban J connectivity index is 0.000000810.